The van der Waals surface area contributed by atoms with Crippen LogP contribution in [0.1, 0.15) is 24.5 Å². The Hall–Kier alpha value is -2.17. The third-order valence-electron chi connectivity index (χ3n) is 3.12. The smallest absolute Gasteiger partial charge is 0.399 e. The van der Waals surface area contributed by atoms with Gasteiger partial charge in [0.1, 0.15) is 0 Å². The monoisotopic (exact) mass is 294 g/mol. The van der Waals surface area contributed by atoms with Crippen molar-refractivity contribution < 1.29 is 13.2 Å². The Morgan fingerprint density at radius 2 is 1.71 bits per heavy atom. The van der Waals surface area contributed by atoms with Crippen molar-refractivity contribution in [2.75, 3.05) is 11.1 Å². The quantitative estimate of drug-likeness (QED) is 0.780. The standard InChI is InChI=1S/C16H17F3N2/c1-2-3-11-4-7-13(8-5-11)21-15-9-6-12(20)10-14(15)16(17,18)19/h4-10,21H,2-3,20H2,1H3. The summed E-state index contributed by atoms with van der Waals surface area (Å²) in [5, 5.41) is 2.80. The fraction of sp³-hybridized carbons (Fsp3) is 0.250. The van der Waals surface area contributed by atoms with Crippen molar-refractivity contribution in [1.82, 2.24) is 0 Å². The predicted octanol–water partition coefficient (Wildman–Crippen LogP) is 4.98. The highest BCUT2D eigenvalue weighted by atomic mass is 19.4. The highest BCUT2D eigenvalue weighted by Gasteiger charge is 2.33. The van der Waals surface area contributed by atoms with Gasteiger partial charge in [0.2, 0.25) is 0 Å². The van der Waals surface area contributed by atoms with Gasteiger partial charge in [-0.2, -0.15) is 13.2 Å². The van der Waals surface area contributed by atoms with E-state index < -0.39 is 11.7 Å². The van der Waals surface area contributed by atoms with Gasteiger partial charge in [0, 0.05) is 11.4 Å². The van der Waals surface area contributed by atoms with Crippen molar-refractivity contribution in [2.45, 2.75) is 25.9 Å². The molecule has 0 saturated heterocycles. The van der Waals surface area contributed by atoms with E-state index >= 15 is 0 Å². The normalized spacial score (nSPS) is 11.4. The van der Waals surface area contributed by atoms with E-state index in [1.54, 1.807) is 12.1 Å². The number of nitrogen functional groups attached to an aromatic ring is 1. The lowest BCUT2D eigenvalue weighted by Gasteiger charge is -2.15. The van der Waals surface area contributed by atoms with E-state index in [9.17, 15) is 13.2 Å². The summed E-state index contributed by atoms with van der Waals surface area (Å²) < 4.78 is 39.0. The molecule has 2 aromatic carbocycles. The van der Waals surface area contributed by atoms with Crippen molar-refractivity contribution >= 4 is 17.1 Å². The molecule has 0 aromatic heterocycles. The van der Waals surface area contributed by atoms with Crippen LogP contribution in [-0.2, 0) is 12.6 Å². The van der Waals surface area contributed by atoms with Gasteiger partial charge in [0.05, 0.1) is 11.3 Å². The fourth-order valence-electron chi connectivity index (χ4n) is 2.10. The van der Waals surface area contributed by atoms with Gasteiger partial charge in [-0.1, -0.05) is 25.5 Å². The Kier molecular flexibility index (Phi) is 4.40. The van der Waals surface area contributed by atoms with Crippen LogP contribution < -0.4 is 11.1 Å². The maximum Gasteiger partial charge on any atom is 0.418 e. The predicted molar refractivity (Wildman–Crippen MR) is 79.6 cm³/mol. The number of anilines is 3. The second kappa shape index (κ2) is 6.08. The average Bonchev–Trinajstić information content (AvgIpc) is 2.42. The summed E-state index contributed by atoms with van der Waals surface area (Å²) in [7, 11) is 0. The number of hydrogen-bond donors (Lipinski definition) is 2. The number of alkyl halides is 3. The van der Waals surface area contributed by atoms with Crippen LogP contribution in [0, 0.1) is 0 Å². The van der Waals surface area contributed by atoms with Crippen LogP contribution in [0.5, 0.6) is 0 Å². The Balaban J connectivity index is 2.27. The van der Waals surface area contributed by atoms with Crippen molar-refractivity contribution in [3.63, 3.8) is 0 Å². The van der Waals surface area contributed by atoms with Crippen LogP contribution in [0.4, 0.5) is 30.2 Å². The topological polar surface area (TPSA) is 38.0 Å². The molecule has 0 radical (unpaired) electrons. The summed E-state index contributed by atoms with van der Waals surface area (Å²) in [6.07, 6.45) is -2.46. The van der Waals surface area contributed by atoms with Gasteiger partial charge in [-0.05, 0) is 42.3 Å². The summed E-state index contributed by atoms with van der Waals surface area (Å²) in [6.45, 7) is 2.08. The molecule has 112 valence electrons. The molecule has 0 spiro atoms. The van der Waals surface area contributed by atoms with Gasteiger partial charge in [0.15, 0.2) is 0 Å². The van der Waals surface area contributed by atoms with Gasteiger partial charge in [0.25, 0.3) is 0 Å². The van der Waals surface area contributed by atoms with E-state index in [-0.39, 0.29) is 11.4 Å². The van der Waals surface area contributed by atoms with E-state index in [0.717, 1.165) is 24.5 Å². The minimum Gasteiger partial charge on any atom is -0.399 e. The Labute approximate surface area is 121 Å². The molecule has 0 heterocycles. The zero-order valence-electron chi connectivity index (χ0n) is 11.7. The van der Waals surface area contributed by atoms with Crippen LogP contribution in [0.25, 0.3) is 0 Å². The first-order valence-electron chi connectivity index (χ1n) is 6.73. The molecule has 0 fully saturated rings. The zero-order chi connectivity index (χ0) is 15.5. The van der Waals surface area contributed by atoms with Crippen LogP contribution in [0.3, 0.4) is 0 Å². The van der Waals surface area contributed by atoms with Crippen LogP contribution >= 0.6 is 0 Å². The maximum atomic E-state index is 13.0. The van der Waals surface area contributed by atoms with Gasteiger partial charge in [-0.25, -0.2) is 0 Å². The van der Waals surface area contributed by atoms with Crippen LogP contribution in [0.2, 0.25) is 0 Å². The number of hydrogen-bond acceptors (Lipinski definition) is 2. The minimum absolute atomic E-state index is 0.0000541. The highest BCUT2D eigenvalue weighted by Crippen LogP contribution is 2.37. The number of nitrogens with one attached hydrogen (secondary N) is 1. The van der Waals surface area contributed by atoms with Crippen molar-refractivity contribution in [3.8, 4) is 0 Å². The lowest BCUT2D eigenvalue weighted by atomic mass is 10.1. The first-order chi connectivity index (χ1) is 9.90. The first kappa shape index (κ1) is 15.2. The van der Waals surface area contributed by atoms with Crippen molar-refractivity contribution in [2.24, 2.45) is 0 Å². The zero-order valence-corrected chi connectivity index (χ0v) is 11.7. The molecule has 3 N–H and O–H groups in total. The Bertz CT molecular complexity index is 604. The maximum absolute atomic E-state index is 13.0. The third kappa shape index (κ3) is 3.90. The Morgan fingerprint density at radius 3 is 2.29 bits per heavy atom. The second-order valence-electron chi connectivity index (χ2n) is 4.87. The molecule has 2 aromatic rings. The number of benzene rings is 2. The lowest BCUT2D eigenvalue weighted by molar-refractivity contribution is -0.136. The largest absolute Gasteiger partial charge is 0.418 e. The molecular weight excluding hydrogens is 277 g/mol. The highest BCUT2D eigenvalue weighted by molar-refractivity contribution is 5.67. The summed E-state index contributed by atoms with van der Waals surface area (Å²) in [5.74, 6) is 0. The number of halogens is 3. The van der Waals surface area contributed by atoms with Crippen LogP contribution in [-0.4, -0.2) is 0 Å². The van der Waals surface area contributed by atoms with Crippen LogP contribution in [0.15, 0.2) is 42.5 Å². The lowest BCUT2D eigenvalue weighted by Crippen LogP contribution is -2.09. The third-order valence-corrected chi connectivity index (χ3v) is 3.12. The Morgan fingerprint density at radius 1 is 1.05 bits per heavy atom. The van der Waals surface area contributed by atoms with E-state index in [1.807, 2.05) is 12.1 Å². The fourth-order valence-corrected chi connectivity index (χ4v) is 2.10. The van der Waals surface area contributed by atoms with Crippen molar-refractivity contribution in [3.05, 3.63) is 53.6 Å². The molecule has 0 aliphatic rings. The van der Waals surface area contributed by atoms with Gasteiger partial charge in [-0.15, -0.1) is 0 Å². The van der Waals surface area contributed by atoms with E-state index in [4.69, 9.17) is 5.73 Å². The van der Waals surface area contributed by atoms with Gasteiger partial charge < -0.3 is 11.1 Å². The number of rotatable bonds is 4. The molecular formula is C16H17F3N2. The molecule has 0 atom stereocenters. The number of aryl methyl sites for hydroxylation is 1. The molecule has 5 heteroatoms. The summed E-state index contributed by atoms with van der Waals surface area (Å²) >= 11 is 0. The molecule has 21 heavy (non-hydrogen) atoms. The molecule has 0 saturated carbocycles. The summed E-state index contributed by atoms with van der Waals surface area (Å²) in [4.78, 5) is 0. The average molecular weight is 294 g/mol. The number of nitrogens with two attached hydrogens (primary N) is 1. The van der Waals surface area contributed by atoms with E-state index in [1.165, 1.54) is 12.1 Å². The molecule has 0 bridgehead atoms. The molecule has 0 unspecified atom stereocenters. The molecule has 0 aliphatic heterocycles. The first-order valence-corrected chi connectivity index (χ1v) is 6.73. The summed E-state index contributed by atoms with van der Waals surface area (Å²) in [6, 6.07) is 11.1. The van der Waals surface area contributed by atoms with Crippen molar-refractivity contribution in [1.29, 1.82) is 0 Å². The molecule has 0 amide bonds. The second-order valence-corrected chi connectivity index (χ2v) is 4.87. The minimum atomic E-state index is -4.44. The summed E-state index contributed by atoms with van der Waals surface area (Å²) in [5.41, 5.74) is 6.55. The van der Waals surface area contributed by atoms with Gasteiger partial charge >= 0.3 is 6.18 Å². The SMILES string of the molecule is CCCc1ccc(Nc2ccc(N)cc2C(F)(F)F)cc1. The van der Waals surface area contributed by atoms with E-state index in [0.29, 0.717) is 5.69 Å². The molecule has 2 nitrogen and oxygen atoms in total. The molecule has 2 rings (SSSR count). The van der Waals surface area contributed by atoms with E-state index in [2.05, 4.69) is 12.2 Å². The van der Waals surface area contributed by atoms with Gasteiger partial charge in [-0.3, -0.25) is 0 Å². The molecule has 0 aliphatic carbocycles.